The number of carbonyl (C=O) groups excluding carboxylic acids is 1. The summed E-state index contributed by atoms with van der Waals surface area (Å²) < 4.78 is 0. The van der Waals surface area contributed by atoms with Crippen molar-refractivity contribution in [2.75, 3.05) is 19.6 Å². The molecule has 3 heteroatoms. The number of ketones is 1. The van der Waals surface area contributed by atoms with Crippen molar-refractivity contribution in [1.29, 1.82) is 0 Å². The smallest absolute Gasteiger partial charge is 0.168 e. The Labute approximate surface area is 115 Å². The van der Waals surface area contributed by atoms with E-state index in [2.05, 4.69) is 13.2 Å². The third-order valence-corrected chi connectivity index (χ3v) is 2.67. The van der Waals surface area contributed by atoms with Gasteiger partial charge in [0.2, 0.25) is 0 Å². The molecule has 0 spiro atoms. The van der Waals surface area contributed by atoms with E-state index < -0.39 is 0 Å². The van der Waals surface area contributed by atoms with Crippen LogP contribution in [-0.2, 0) is 0 Å². The van der Waals surface area contributed by atoms with Crippen LogP contribution >= 0.6 is 0 Å². The fraction of sp³-hybridized carbons (Fsp3) is 0.267. The largest absolute Gasteiger partial charge is 1.00 e. The van der Waals surface area contributed by atoms with Crippen LogP contribution < -0.4 is 17.3 Å². The molecule has 0 heterocycles. The van der Waals surface area contributed by atoms with Crippen molar-refractivity contribution in [3.63, 3.8) is 0 Å². The fourth-order valence-corrected chi connectivity index (χ4v) is 1.75. The minimum atomic E-state index is 0. The third kappa shape index (κ3) is 5.80. The van der Waals surface area contributed by atoms with Gasteiger partial charge in [-0.25, -0.2) is 0 Å². The molecule has 1 aromatic carbocycles. The van der Waals surface area contributed by atoms with E-state index in [1.54, 1.807) is 0 Å². The Morgan fingerprint density at radius 3 is 2.17 bits per heavy atom. The monoisotopic (exact) mass is 265 g/mol. The predicted molar refractivity (Wildman–Crippen MR) is 71.3 cm³/mol. The van der Waals surface area contributed by atoms with Crippen molar-refractivity contribution in [2.45, 2.75) is 6.42 Å². The van der Waals surface area contributed by atoms with Gasteiger partial charge in [-0.3, -0.25) is 4.79 Å². The van der Waals surface area contributed by atoms with Crippen molar-refractivity contribution < 1.29 is 22.1 Å². The first-order valence-corrected chi connectivity index (χ1v) is 5.91. The van der Waals surface area contributed by atoms with Crippen LogP contribution in [0, 0.1) is 0 Å². The summed E-state index contributed by atoms with van der Waals surface area (Å²) >= 11 is 0. The number of carbonyl (C=O) groups is 1. The molecule has 0 aromatic heterocycles. The molecule has 1 N–H and O–H groups in total. The zero-order chi connectivity index (χ0) is 12.5. The second-order valence-corrected chi connectivity index (χ2v) is 4.02. The van der Waals surface area contributed by atoms with Gasteiger partial charge in [0.05, 0.1) is 26.1 Å². The molecule has 0 bridgehead atoms. The highest BCUT2D eigenvalue weighted by Gasteiger charge is 2.10. The quantitative estimate of drug-likeness (QED) is 0.449. The number of hydrogen-bond donors (Lipinski definition) is 1. The number of Topliss-reactive ketones (excluding diaryl/α,β-unsaturated/α-hetero) is 1. The Kier molecular flexibility index (Phi) is 8.89. The number of benzene rings is 1. The Hall–Kier alpha value is -1.38. The van der Waals surface area contributed by atoms with E-state index in [0.29, 0.717) is 6.42 Å². The van der Waals surface area contributed by atoms with Gasteiger partial charge in [-0.05, 0) is 12.2 Å². The summed E-state index contributed by atoms with van der Waals surface area (Å²) in [5.74, 6) is 0.205. The molecular formula is C15H20ClNO. The highest BCUT2D eigenvalue weighted by molar-refractivity contribution is 5.95. The van der Waals surface area contributed by atoms with Crippen molar-refractivity contribution in [2.24, 2.45) is 0 Å². The Bertz CT molecular complexity index is 365. The van der Waals surface area contributed by atoms with Gasteiger partial charge in [-0.2, -0.15) is 0 Å². The lowest BCUT2D eigenvalue weighted by molar-refractivity contribution is -0.887. The Balaban J connectivity index is 0.00000289. The average Bonchev–Trinajstić information content (AvgIpc) is 2.37. The first kappa shape index (κ1) is 16.6. The zero-order valence-electron chi connectivity index (χ0n) is 10.6. The molecule has 18 heavy (non-hydrogen) atoms. The fourth-order valence-electron chi connectivity index (χ4n) is 1.75. The predicted octanol–water partition coefficient (Wildman–Crippen LogP) is -1.48. The van der Waals surface area contributed by atoms with Crippen LogP contribution in [-0.4, -0.2) is 25.4 Å². The number of hydrogen-bond acceptors (Lipinski definition) is 1. The molecule has 0 saturated heterocycles. The molecule has 0 radical (unpaired) electrons. The summed E-state index contributed by atoms with van der Waals surface area (Å²) in [5, 5.41) is 0. The molecule has 0 aliphatic heterocycles. The van der Waals surface area contributed by atoms with Crippen LogP contribution in [0.4, 0.5) is 0 Å². The zero-order valence-corrected chi connectivity index (χ0v) is 11.3. The van der Waals surface area contributed by atoms with Crippen LogP contribution in [0.2, 0.25) is 0 Å². The van der Waals surface area contributed by atoms with Crippen molar-refractivity contribution in [1.82, 2.24) is 0 Å². The van der Waals surface area contributed by atoms with E-state index in [1.165, 1.54) is 4.90 Å². The summed E-state index contributed by atoms with van der Waals surface area (Å²) in [5.41, 5.74) is 0.795. The number of halogens is 1. The van der Waals surface area contributed by atoms with E-state index >= 15 is 0 Å². The summed E-state index contributed by atoms with van der Waals surface area (Å²) in [6, 6.07) is 9.44. The molecule has 0 saturated carbocycles. The summed E-state index contributed by atoms with van der Waals surface area (Å²) in [6.07, 6.45) is 4.33. The van der Waals surface area contributed by atoms with E-state index in [0.717, 1.165) is 25.2 Å². The first-order valence-electron chi connectivity index (χ1n) is 5.91. The van der Waals surface area contributed by atoms with Crippen LogP contribution in [0.15, 0.2) is 55.6 Å². The van der Waals surface area contributed by atoms with Gasteiger partial charge < -0.3 is 17.3 Å². The van der Waals surface area contributed by atoms with Gasteiger partial charge in [-0.15, -0.1) is 0 Å². The minimum Gasteiger partial charge on any atom is -1.00 e. The maximum atomic E-state index is 11.9. The standard InChI is InChI=1S/C15H19NO.ClH/c1-3-11-16(12-4-2)13-10-15(17)14-8-6-5-7-9-14;/h3-9H,1-2,10-13H2;1H. The van der Waals surface area contributed by atoms with E-state index in [9.17, 15) is 4.79 Å². The van der Waals surface area contributed by atoms with Gasteiger partial charge in [0, 0.05) is 5.56 Å². The molecule has 98 valence electrons. The Morgan fingerprint density at radius 2 is 1.67 bits per heavy atom. The molecule has 0 aliphatic rings. The minimum absolute atomic E-state index is 0. The van der Waals surface area contributed by atoms with Gasteiger partial charge in [0.1, 0.15) is 0 Å². The van der Waals surface area contributed by atoms with Gasteiger partial charge in [-0.1, -0.05) is 43.5 Å². The van der Waals surface area contributed by atoms with Crippen LogP contribution in [0.5, 0.6) is 0 Å². The third-order valence-electron chi connectivity index (χ3n) is 2.67. The maximum absolute atomic E-state index is 11.9. The molecule has 0 atom stereocenters. The lowest BCUT2D eigenvalue weighted by Crippen LogP contribution is -3.11. The lowest BCUT2D eigenvalue weighted by atomic mass is 10.1. The lowest BCUT2D eigenvalue weighted by Gasteiger charge is -2.15. The SMILES string of the molecule is C=CC[NH+](CC=C)CCC(=O)c1ccccc1.[Cl-]. The number of rotatable bonds is 8. The molecule has 0 fully saturated rings. The second kappa shape index (κ2) is 9.63. The van der Waals surface area contributed by atoms with Gasteiger partial charge in [0.15, 0.2) is 5.78 Å². The second-order valence-electron chi connectivity index (χ2n) is 4.02. The molecule has 1 rings (SSSR count). The molecule has 1 aromatic rings. The van der Waals surface area contributed by atoms with Crippen molar-refractivity contribution in [3.05, 3.63) is 61.2 Å². The van der Waals surface area contributed by atoms with Crippen molar-refractivity contribution in [3.8, 4) is 0 Å². The topological polar surface area (TPSA) is 21.5 Å². The summed E-state index contributed by atoms with van der Waals surface area (Å²) in [7, 11) is 0. The maximum Gasteiger partial charge on any atom is 0.168 e. The van der Waals surface area contributed by atoms with E-state index in [4.69, 9.17) is 0 Å². The van der Waals surface area contributed by atoms with Gasteiger partial charge in [0.25, 0.3) is 0 Å². The van der Waals surface area contributed by atoms with E-state index in [1.807, 2.05) is 42.5 Å². The van der Waals surface area contributed by atoms with Crippen LogP contribution in [0.1, 0.15) is 16.8 Å². The normalized spacial score (nSPS) is 9.61. The van der Waals surface area contributed by atoms with Gasteiger partial charge >= 0.3 is 0 Å². The first-order chi connectivity index (χ1) is 8.27. The number of nitrogens with one attached hydrogen (secondary N) is 1. The highest BCUT2D eigenvalue weighted by Crippen LogP contribution is 2.01. The molecule has 0 aliphatic carbocycles. The molecule has 0 amide bonds. The van der Waals surface area contributed by atoms with Crippen LogP contribution in [0.25, 0.3) is 0 Å². The molecule has 0 unspecified atom stereocenters. The number of quaternary nitrogens is 1. The van der Waals surface area contributed by atoms with Crippen LogP contribution in [0.3, 0.4) is 0 Å². The molecule has 2 nitrogen and oxygen atoms in total. The average molecular weight is 266 g/mol. The van der Waals surface area contributed by atoms with Crippen molar-refractivity contribution >= 4 is 5.78 Å². The Morgan fingerprint density at radius 1 is 1.11 bits per heavy atom. The highest BCUT2D eigenvalue weighted by atomic mass is 35.5. The summed E-state index contributed by atoms with van der Waals surface area (Å²) in [6.45, 7) is 10.0. The summed E-state index contributed by atoms with van der Waals surface area (Å²) in [4.78, 5) is 13.2. The van der Waals surface area contributed by atoms with E-state index in [-0.39, 0.29) is 18.2 Å². The molecular weight excluding hydrogens is 246 g/mol.